The predicted molar refractivity (Wildman–Crippen MR) is 126 cm³/mol. The maximum absolute atomic E-state index is 13.3. The number of pyridine rings is 1. The molecular weight excluding hydrogens is 422 g/mol. The van der Waals surface area contributed by atoms with Gasteiger partial charge in [-0.05, 0) is 42.7 Å². The van der Waals surface area contributed by atoms with Crippen molar-refractivity contribution >= 4 is 33.1 Å². The van der Waals surface area contributed by atoms with Crippen molar-refractivity contribution in [3.63, 3.8) is 0 Å². The molecule has 0 bridgehead atoms. The quantitative estimate of drug-likeness (QED) is 0.288. The fourth-order valence-electron chi connectivity index (χ4n) is 5.16. The number of phenols is 2. The topological polar surface area (TPSA) is 124 Å². The number of rotatable bonds is 2. The summed E-state index contributed by atoms with van der Waals surface area (Å²) in [5.74, 6) is -0.351. The number of aromatic nitrogens is 3. The molecule has 2 aromatic carbocycles. The average Bonchev–Trinajstić information content (AvgIpc) is 3.20. The molecule has 0 spiro atoms. The van der Waals surface area contributed by atoms with E-state index in [2.05, 4.69) is 10.1 Å². The minimum absolute atomic E-state index is 0.0823. The lowest BCUT2D eigenvalue weighted by Crippen LogP contribution is -2.13. The Labute approximate surface area is 187 Å². The van der Waals surface area contributed by atoms with Crippen LogP contribution >= 0.6 is 0 Å². The Bertz CT molecular complexity index is 1630. The van der Waals surface area contributed by atoms with E-state index in [1.54, 1.807) is 30.3 Å². The molecule has 1 aliphatic rings. The van der Waals surface area contributed by atoms with Crippen molar-refractivity contribution in [3.8, 4) is 22.6 Å². The Hall–Kier alpha value is -3.94. The Morgan fingerprint density at radius 1 is 0.909 bits per heavy atom. The van der Waals surface area contributed by atoms with Gasteiger partial charge in [-0.3, -0.25) is 19.4 Å². The van der Waals surface area contributed by atoms with Gasteiger partial charge in [-0.1, -0.05) is 37.8 Å². The summed E-state index contributed by atoms with van der Waals surface area (Å²) in [6.45, 7) is 0. The lowest BCUT2D eigenvalue weighted by atomic mass is 10.0. The molecule has 8 nitrogen and oxygen atoms in total. The smallest absolute Gasteiger partial charge is 0.274 e. The number of nitrogens with one attached hydrogen (secondary N) is 2. The Morgan fingerprint density at radius 3 is 2.36 bits per heavy atom. The third kappa shape index (κ3) is 2.97. The van der Waals surface area contributed by atoms with E-state index in [0.717, 1.165) is 25.7 Å². The molecular formula is C25H23N3O5. The van der Waals surface area contributed by atoms with Gasteiger partial charge in [0.25, 0.3) is 5.56 Å². The summed E-state index contributed by atoms with van der Waals surface area (Å²) in [6, 6.07) is 9.63. The minimum Gasteiger partial charge on any atom is -0.508 e. The van der Waals surface area contributed by atoms with Crippen LogP contribution in [-0.4, -0.2) is 25.0 Å². The van der Waals surface area contributed by atoms with Crippen LogP contribution in [0.1, 0.15) is 44.6 Å². The van der Waals surface area contributed by atoms with E-state index < -0.39 is 11.2 Å². The molecule has 1 aliphatic carbocycles. The van der Waals surface area contributed by atoms with Crippen LogP contribution in [0.25, 0.3) is 44.2 Å². The predicted octanol–water partition coefficient (Wildman–Crippen LogP) is 4.89. The highest BCUT2D eigenvalue weighted by Gasteiger charge is 2.25. The lowest BCUT2D eigenvalue weighted by molar-refractivity contribution is 0.413. The Morgan fingerprint density at radius 2 is 1.64 bits per heavy atom. The fourth-order valence-corrected chi connectivity index (χ4v) is 5.16. The first-order chi connectivity index (χ1) is 16.0. The van der Waals surface area contributed by atoms with Crippen molar-refractivity contribution < 1.29 is 14.6 Å². The number of fused-ring (bicyclic) bond motifs is 4. The van der Waals surface area contributed by atoms with Crippen molar-refractivity contribution in [2.45, 2.75) is 44.6 Å². The van der Waals surface area contributed by atoms with Crippen LogP contribution in [0.15, 0.2) is 50.4 Å². The third-order valence-electron chi connectivity index (χ3n) is 6.79. The number of H-pyrrole nitrogens is 2. The average molecular weight is 445 g/mol. The fraction of sp³-hybridized carbons (Fsp3) is 0.280. The van der Waals surface area contributed by atoms with Crippen LogP contribution in [0, 0.1) is 0 Å². The molecule has 1 saturated carbocycles. The molecule has 1 fully saturated rings. The van der Waals surface area contributed by atoms with Crippen LogP contribution in [0.2, 0.25) is 0 Å². The highest BCUT2D eigenvalue weighted by atomic mass is 16.4. The number of nitrogens with zero attached hydrogens (tertiary/aromatic N) is 1. The second-order valence-corrected chi connectivity index (χ2v) is 8.82. The lowest BCUT2D eigenvalue weighted by Gasteiger charge is -2.17. The van der Waals surface area contributed by atoms with Crippen molar-refractivity contribution in [2.24, 2.45) is 0 Å². The van der Waals surface area contributed by atoms with Crippen molar-refractivity contribution in [3.05, 3.63) is 57.0 Å². The van der Waals surface area contributed by atoms with Gasteiger partial charge in [-0.15, -0.1) is 0 Å². The molecule has 0 aliphatic heterocycles. The summed E-state index contributed by atoms with van der Waals surface area (Å²) in [4.78, 5) is 28.7. The maximum atomic E-state index is 13.3. The van der Waals surface area contributed by atoms with Gasteiger partial charge in [0.2, 0.25) is 11.2 Å². The zero-order valence-corrected chi connectivity index (χ0v) is 17.9. The zero-order chi connectivity index (χ0) is 22.7. The molecule has 0 amide bonds. The molecule has 6 rings (SSSR count). The number of furan rings is 1. The normalized spacial score (nSPS) is 15.5. The zero-order valence-electron chi connectivity index (χ0n) is 17.9. The van der Waals surface area contributed by atoms with Crippen molar-refractivity contribution in [1.29, 1.82) is 0 Å². The molecule has 0 atom stereocenters. The SMILES string of the molecule is O=c1ccc2c(oc3c(-c4ccc(O)cc4)c4c(=O)[nH]n(C5CCCCCC5)c4[nH]c32)c1O. The summed E-state index contributed by atoms with van der Waals surface area (Å²) in [5.41, 5.74) is 2.15. The summed E-state index contributed by atoms with van der Waals surface area (Å²) < 4.78 is 7.95. The van der Waals surface area contributed by atoms with Gasteiger partial charge in [0, 0.05) is 10.9 Å². The first kappa shape index (κ1) is 19.7. The second kappa shape index (κ2) is 7.30. The number of hydrogen-bond donors (Lipinski definition) is 4. The summed E-state index contributed by atoms with van der Waals surface area (Å²) in [5, 5.41) is 24.2. The summed E-state index contributed by atoms with van der Waals surface area (Å²) in [7, 11) is 0. The molecule has 3 aromatic heterocycles. The number of aromatic amines is 2. The molecule has 3 heterocycles. The number of phenolic OH excluding ortho intramolecular Hbond substituents is 2. The molecule has 0 radical (unpaired) electrons. The van der Waals surface area contributed by atoms with Crippen LogP contribution in [0.3, 0.4) is 0 Å². The molecule has 0 unspecified atom stereocenters. The number of benzene rings is 2. The molecule has 168 valence electrons. The van der Waals surface area contributed by atoms with Gasteiger partial charge >= 0.3 is 0 Å². The molecule has 8 heteroatoms. The highest BCUT2D eigenvalue weighted by molar-refractivity contribution is 6.15. The van der Waals surface area contributed by atoms with Crippen LogP contribution in [0.4, 0.5) is 0 Å². The van der Waals surface area contributed by atoms with E-state index in [1.807, 2.05) is 4.68 Å². The minimum atomic E-state index is -0.530. The summed E-state index contributed by atoms with van der Waals surface area (Å²) >= 11 is 0. The monoisotopic (exact) mass is 445 g/mol. The molecule has 5 aromatic rings. The number of aromatic hydroxyl groups is 2. The molecule has 0 saturated heterocycles. The van der Waals surface area contributed by atoms with Gasteiger partial charge in [0.1, 0.15) is 11.4 Å². The van der Waals surface area contributed by atoms with E-state index in [0.29, 0.717) is 38.6 Å². The van der Waals surface area contributed by atoms with Crippen LogP contribution in [0.5, 0.6) is 11.5 Å². The largest absolute Gasteiger partial charge is 0.508 e. The van der Waals surface area contributed by atoms with Gasteiger partial charge in [-0.2, -0.15) is 0 Å². The van der Waals surface area contributed by atoms with E-state index in [4.69, 9.17) is 4.42 Å². The van der Waals surface area contributed by atoms with Gasteiger partial charge < -0.3 is 19.6 Å². The standard InChI is InChI=1S/C25H23N3O5/c29-15-9-7-13(8-10-15)18-19-24(28(27-25(19)32)14-5-3-1-2-4-6-14)26-20-16-11-12-17(30)21(31)22(16)33-23(18)20/h7-12,14,26,29,31H,1-6H2,(H,27,32). The molecule has 33 heavy (non-hydrogen) atoms. The Balaban J connectivity index is 1.76. The first-order valence-corrected chi connectivity index (χ1v) is 11.3. The highest BCUT2D eigenvalue weighted by Crippen LogP contribution is 2.41. The van der Waals surface area contributed by atoms with E-state index in [-0.39, 0.29) is 22.9 Å². The van der Waals surface area contributed by atoms with E-state index in [9.17, 15) is 19.8 Å². The van der Waals surface area contributed by atoms with Crippen LogP contribution in [-0.2, 0) is 0 Å². The van der Waals surface area contributed by atoms with Crippen LogP contribution < -0.4 is 11.0 Å². The first-order valence-electron chi connectivity index (χ1n) is 11.3. The van der Waals surface area contributed by atoms with E-state index >= 15 is 0 Å². The van der Waals surface area contributed by atoms with E-state index in [1.165, 1.54) is 18.9 Å². The van der Waals surface area contributed by atoms with Crippen molar-refractivity contribution in [1.82, 2.24) is 14.8 Å². The second-order valence-electron chi connectivity index (χ2n) is 8.82. The third-order valence-corrected chi connectivity index (χ3v) is 6.79. The van der Waals surface area contributed by atoms with Gasteiger partial charge in [0.15, 0.2) is 11.2 Å². The van der Waals surface area contributed by atoms with Gasteiger partial charge in [-0.25, -0.2) is 0 Å². The van der Waals surface area contributed by atoms with Gasteiger partial charge in [0.05, 0.1) is 16.9 Å². The summed E-state index contributed by atoms with van der Waals surface area (Å²) in [6.07, 6.45) is 6.55. The molecule has 4 N–H and O–H groups in total. The van der Waals surface area contributed by atoms with Crippen molar-refractivity contribution in [2.75, 3.05) is 0 Å². The number of hydrogen-bond acceptors (Lipinski definition) is 5. The maximum Gasteiger partial charge on any atom is 0.274 e. The Kier molecular flexibility index (Phi) is 4.36.